The van der Waals surface area contributed by atoms with Crippen molar-refractivity contribution in [3.8, 4) is 5.75 Å². The summed E-state index contributed by atoms with van der Waals surface area (Å²) in [6.07, 6.45) is 0.715. The third-order valence-electron chi connectivity index (χ3n) is 2.61. The van der Waals surface area contributed by atoms with Crippen LogP contribution < -0.4 is 0 Å². The van der Waals surface area contributed by atoms with Gasteiger partial charge >= 0.3 is 0 Å². The minimum absolute atomic E-state index is 0.129. The van der Waals surface area contributed by atoms with Gasteiger partial charge < -0.3 is 5.11 Å². The van der Waals surface area contributed by atoms with Crippen LogP contribution in [0.1, 0.15) is 61.0 Å². The van der Waals surface area contributed by atoms with Crippen molar-refractivity contribution in [3.05, 3.63) is 28.8 Å². The molecule has 0 radical (unpaired) electrons. The van der Waals surface area contributed by atoms with Gasteiger partial charge in [0, 0.05) is 0 Å². The van der Waals surface area contributed by atoms with Crippen molar-refractivity contribution in [2.45, 2.75) is 39.5 Å². The highest BCUT2D eigenvalue weighted by Gasteiger charge is 2.13. The first-order valence-corrected chi connectivity index (χ1v) is 5.29. The Kier molecular flexibility index (Phi) is 3.51. The molecule has 1 aromatic carbocycles. The van der Waals surface area contributed by atoms with Crippen molar-refractivity contribution in [1.29, 1.82) is 0 Å². The summed E-state index contributed by atoms with van der Waals surface area (Å²) in [4.78, 5) is 10.8. The van der Waals surface area contributed by atoms with Gasteiger partial charge in [-0.3, -0.25) is 4.79 Å². The number of hydrogen-bond acceptors (Lipinski definition) is 2. The smallest absolute Gasteiger partial charge is 0.153 e. The Labute approximate surface area is 90.9 Å². The Morgan fingerprint density at radius 2 is 1.73 bits per heavy atom. The topological polar surface area (TPSA) is 37.3 Å². The molecule has 1 aromatic rings. The first-order chi connectivity index (χ1) is 6.97. The zero-order valence-corrected chi connectivity index (χ0v) is 9.74. The van der Waals surface area contributed by atoms with Gasteiger partial charge in [0.15, 0.2) is 6.29 Å². The minimum atomic E-state index is 0.129. The molecule has 2 nitrogen and oxygen atoms in total. The van der Waals surface area contributed by atoms with Crippen molar-refractivity contribution in [3.63, 3.8) is 0 Å². The quantitative estimate of drug-likeness (QED) is 0.769. The van der Waals surface area contributed by atoms with E-state index in [1.807, 2.05) is 19.9 Å². The first-order valence-electron chi connectivity index (χ1n) is 5.29. The van der Waals surface area contributed by atoms with Crippen molar-refractivity contribution in [2.24, 2.45) is 0 Å². The Balaban J connectivity index is 3.38. The molecule has 1 rings (SSSR count). The molecule has 0 heterocycles. The number of phenols is 1. The summed E-state index contributed by atoms with van der Waals surface area (Å²) < 4.78 is 0. The van der Waals surface area contributed by atoms with Crippen molar-refractivity contribution in [1.82, 2.24) is 0 Å². The number of carbonyl (C=O) groups is 1. The molecule has 0 bridgehead atoms. The maximum atomic E-state index is 10.8. The summed E-state index contributed by atoms with van der Waals surface area (Å²) in [6, 6.07) is 3.75. The summed E-state index contributed by atoms with van der Waals surface area (Å²) >= 11 is 0. The van der Waals surface area contributed by atoms with Gasteiger partial charge in [-0.1, -0.05) is 33.8 Å². The lowest BCUT2D eigenvalue weighted by Crippen LogP contribution is -1.97. The molecule has 0 aliphatic heterocycles. The van der Waals surface area contributed by atoms with Crippen LogP contribution in [0.2, 0.25) is 0 Å². The van der Waals surface area contributed by atoms with Crippen LogP contribution in [0.3, 0.4) is 0 Å². The van der Waals surface area contributed by atoms with Gasteiger partial charge in [0.05, 0.1) is 5.56 Å². The molecule has 0 saturated heterocycles. The van der Waals surface area contributed by atoms with E-state index in [0.717, 1.165) is 11.1 Å². The van der Waals surface area contributed by atoms with E-state index in [2.05, 4.69) is 13.8 Å². The Bertz CT molecular complexity index is 365. The molecule has 0 amide bonds. The summed E-state index contributed by atoms with van der Waals surface area (Å²) in [5.74, 6) is 0.716. The zero-order valence-electron chi connectivity index (χ0n) is 9.74. The highest BCUT2D eigenvalue weighted by Crippen LogP contribution is 2.31. The molecular formula is C13H18O2. The third kappa shape index (κ3) is 2.38. The van der Waals surface area contributed by atoms with Gasteiger partial charge in [-0.25, -0.2) is 0 Å². The first kappa shape index (κ1) is 11.8. The van der Waals surface area contributed by atoms with Gasteiger partial charge in [0.1, 0.15) is 5.75 Å². The normalized spacial score (nSPS) is 11.1. The van der Waals surface area contributed by atoms with E-state index in [1.165, 1.54) is 0 Å². The summed E-state index contributed by atoms with van der Waals surface area (Å²) in [7, 11) is 0. The predicted octanol–water partition coefficient (Wildman–Crippen LogP) is 3.45. The number of rotatable bonds is 3. The van der Waals surface area contributed by atoms with E-state index in [-0.39, 0.29) is 11.7 Å². The van der Waals surface area contributed by atoms with E-state index >= 15 is 0 Å². The molecule has 0 fully saturated rings. The van der Waals surface area contributed by atoms with Gasteiger partial charge in [0.2, 0.25) is 0 Å². The second-order valence-electron chi connectivity index (χ2n) is 4.48. The van der Waals surface area contributed by atoms with Gasteiger partial charge in [-0.2, -0.15) is 0 Å². The van der Waals surface area contributed by atoms with E-state index in [4.69, 9.17) is 0 Å². The second kappa shape index (κ2) is 4.47. The maximum absolute atomic E-state index is 10.8. The van der Waals surface area contributed by atoms with Crippen LogP contribution in [-0.2, 0) is 0 Å². The molecular weight excluding hydrogens is 188 g/mol. The minimum Gasteiger partial charge on any atom is -0.507 e. The molecule has 0 aliphatic carbocycles. The average Bonchev–Trinajstić information content (AvgIpc) is 2.17. The number of aromatic hydroxyl groups is 1. The molecule has 0 saturated carbocycles. The van der Waals surface area contributed by atoms with Gasteiger partial charge in [-0.05, 0) is 29.0 Å². The predicted molar refractivity (Wildman–Crippen MR) is 61.7 cm³/mol. The lowest BCUT2D eigenvalue weighted by molar-refractivity contribution is 0.112. The van der Waals surface area contributed by atoms with Crippen molar-refractivity contribution >= 4 is 6.29 Å². The van der Waals surface area contributed by atoms with Crippen molar-refractivity contribution < 1.29 is 9.90 Å². The van der Waals surface area contributed by atoms with Crippen LogP contribution in [0.15, 0.2) is 12.1 Å². The van der Waals surface area contributed by atoms with Gasteiger partial charge in [0.25, 0.3) is 0 Å². The fourth-order valence-electron chi connectivity index (χ4n) is 1.57. The van der Waals surface area contributed by atoms with Crippen LogP contribution in [0, 0.1) is 0 Å². The largest absolute Gasteiger partial charge is 0.507 e. The Morgan fingerprint density at radius 1 is 1.13 bits per heavy atom. The fourth-order valence-corrected chi connectivity index (χ4v) is 1.57. The van der Waals surface area contributed by atoms with E-state index in [9.17, 15) is 9.90 Å². The number of carbonyl (C=O) groups excluding carboxylic acids is 1. The van der Waals surface area contributed by atoms with E-state index in [1.54, 1.807) is 6.07 Å². The standard InChI is InChI=1S/C13H18O2/c1-8(2)10-5-11(7-14)13(15)12(6-10)9(3)4/h5-9,15H,1-4H3. The number of benzene rings is 1. The maximum Gasteiger partial charge on any atom is 0.153 e. The average molecular weight is 206 g/mol. The Hall–Kier alpha value is -1.31. The number of hydrogen-bond donors (Lipinski definition) is 1. The molecule has 0 spiro atoms. The summed E-state index contributed by atoms with van der Waals surface area (Å²) in [6.45, 7) is 8.16. The van der Waals surface area contributed by atoms with E-state index in [0.29, 0.717) is 17.8 Å². The van der Waals surface area contributed by atoms with Crippen molar-refractivity contribution in [2.75, 3.05) is 0 Å². The SMILES string of the molecule is CC(C)c1cc(C=O)c(O)c(C(C)C)c1. The Morgan fingerprint density at radius 3 is 2.13 bits per heavy atom. The van der Waals surface area contributed by atoms with Gasteiger partial charge in [-0.15, -0.1) is 0 Å². The number of phenolic OH excluding ortho intramolecular Hbond substituents is 1. The molecule has 82 valence electrons. The molecule has 0 aromatic heterocycles. The molecule has 1 N–H and O–H groups in total. The molecule has 2 heteroatoms. The van der Waals surface area contributed by atoms with Crippen LogP contribution >= 0.6 is 0 Å². The number of aldehydes is 1. The molecule has 0 aliphatic rings. The molecule has 0 atom stereocenters. The molecule has 0 unspecified atom stereocenters. The lowest BCUT2D eigenvalue weighted by atomic mass is 9.92. The highest BCUT2D eigenvalue weighted by molar-refractivity contribution is 5.80. The fraction of sp³-hybridized carbons (Fsp3) is 0.462. The van der Waals surface area contributed by atoms with Crippen LogP contribution in [0.4, 0.5) is 0 Å². The second-order valence-corrected chi connectivity index (χ2v) is 4.48. The monoisotopic (exact) mass is 206 g/mol. The zero-order chi connectivity index (χ0) is 11.6. The summed E-state index contributed by atoms with van der Waals surface area (Å²) in [5, 5.41) is 9.83. The van der Waals surface area contributed by atoms with E-state index < -0.39 is 0 Å². The highest BCUT2D eigenvalue weighted by atomic mass is 16.3. The lowest BCUT2D eigenvalue weighted by Gasteiger charge is -2.14. The summed E-state index contributed by atoms with van der Waals surface area (Å²) in [5.41, 5.74) is 2.34. The van der Waals surface area contributed by atoms with Crippen LogP contribution in [0.5, 0.6) is 5.75 Å². The van der Waals surface area contributed by atoms with Crippen LogP contribution in [0.25, 0.3) is 0 Å². The molecule has 15 heavy (non-hydrogen) atoms. The third-order valence-corrected chi connectivity index (χ3v) is 2.61. The van der Waals surface area contributed by atoms with Crippen LogP contribution in [-0.4, -0.2) is 11.4 Å².